The van der Waals surface area contributed by atoms with Crippen molar-refractivity contribution in [3.8, 4) is 17.3 Å². The highest BCUT2D eigenvalue weighted by Crippen LogP contribution is 2.35. The van der Waals surface area contributed by atoms with Gasteiger partial charge in [-0.3, -0.25) is 4.79 Å². The number of carbonyl (C=O) groups excluding carboxylic acids is 1. The molecule has 0 saturated carbocycles. The van der Waals surface area contributed by atoms with Gasteiger partial charge in [0.15, 0.2) is 6.19 Å². The standard InChI is InChI=1S/C22H24N4O/c1-25-9-5-8-17(12-25)22(27)24-19-10-18-13-26(15-23)14-21(18)20(11-19)16-6-3-2-4-7-16/h2-4,6-7,10-11,17H,5,8-9,12-14H2,1H3,(H,24,27)/t17-/m0/s1. The fourth-order valence-electron chi connectivity index (χ4n) is 4.16. The average molecular weight is 360 g/mol. The van der Waals surface area contributed by atoms with Crippen LogP contribution < -0.4 is 5.32 Å². The molecule has 0 radical (unpaired) electrons. The summed E-state index contributed by atoms with van der Waals surface area (Å²) in [6, 6.07) is 14.3. The quantitative estimate of drug-likeness (QED) is 0.852. The lowest BCUT2D eigenvalue weighted by Crippen LogP contribution is -2.38. The Morgan fingerprint density at radius 2 is 2.04 bits per heavy atom. The van der Waals surface area contributed by atoms with Crippen LogP contribution in [-0.4, -0.2) is 35.8 Å². The Bertz CT molecular complexity index is 887. The van der Waals surface area contributed by atoms with Crippen molar-refractivity contribution in [2.45, 2.75) is 25.9 Å². The topological polar surface area (TPSA) is 59.4 Å². The normalized spacial score (nSPS) is 19.4. The van der Waals surface area contributed by atoms with Gasteiger partial charge in [0.05, 0.1) is 19.0 Å². The number of nitrogens with one attached hydrogen (secondary N) is 1. The Morgan fingerprint density at radius 1 is 1.22 bits per heavy atom. The maximum Gasteiger partial charge on any atom is 0.228 e. The zero-order valence-electron chi connectivity index (χ0n) is 15.6. The number of likely N-dealkylation sites (tertiary alicyclic amines) is 1. The van der Waals surface area contributed by atoms with Crippen LogP contribution in [0.15, 0.2) is 42.5 Å². The molecule has 1 fully saturated rings. The van der Waals surface area contributed by atoms with Crippen molar-refractivity contribution in [2.75, 3.05) is 25.5 Å². The summed E-state index contributed by atoms with van der Waals surface area (Å²) < 4.78 is 0. The Morgan fingerprint density at radius 3 is 2.78 bits per heavy atom. The van der Waals surface area contributed by atoms with E-state index >= 15 is 0 Å². The van der Waals surface area contributed by atoms with Gasteiger partial charge in [0.25, 0.3) is 0 Å². The number of rotatable bonds is 3. The van der Waals surface area contributed by atoms with Crippen molar-refractivity contribution >= 4 is 11.6 Å². The molecule has 2 aromatic carbocycles. The van der Waals surface area contributed by atoms with Gasteiger partial charge in [-0.1, -0.05) is 30.3 Å². The van der Waals surface area contributed by atoms with Gasteiger partial charge in [-0.25, -0.2) is 0 Å². The van der Waals surface area contributed by atoms with E-state index in [-0.39, 0.29) is 11.8 Å². The largest absolute Gasteiger partial charge is 0.326 e. The average Bonchev–Trinajstić information content (AvgIpc) is 3.11. The molecule has 0 aliphatic carbocycles. The number of hydrogen-bond donors (Lipinski definition) is 1. The molecular weight excluding hydrogens is 336 g/mol. The first-order valence-electron chi connectivity index (χ1n) is 9.49. The number of anilines is 1. The van der Waals surface area contributed by atoms with Crippen LogP contribution in [0.2, 0.25) is 0 Å². The second-order valence-corrected chi connectivity index (χ2v) is 7.57. The maximum atomic E-state index is 12.8. The minimum atomic E-state index is 0.0350. The number of fused-ring (bicyclic) bond motifs is 1. The second kappa shape index (κ2) is 7.42. The zero-order chi connectivity index (χ0) is 18.8. The molecule has 2 heterocycles. The van der Waals surface area contributed by atoms with Gasteiger partial charge in [-0.05, 0) is 60.8 Å². The molecule has 0 bridgehead atoms. The van der Waals surface area contributed by atoms with Crippen LogP contribution in [0.3, 0.4) is 0 Å². The fourth-order valence-corrected chi connectivity index (χ4v) is 4.16. The van der Waals surface area contributed by atoms with Crippen molar-refractivity contribution in [2.24, 2.45) is 5.92 Å². The maximum absolute atomic E-state index is 12.8. The van der Waals surface area contributed by atoms with Gasteiger partial charge in [0.2, 0.25) is 5.91 Å². The van der Waals surface area contributed by atoms with Crippen molar-refractivity contribution < 1.29 is 4.79 Å². The van der Waals surface area contributed by atoms with Crippen LogP contribution in [0.5, 0.6) is 0 Å². The third-order valence-corrected chi connectivity index (χ3v) is 5.54. The Hall–Kier alpha value is -2.84. The number of piperidine rings is 1. The van der Waals surface area contributed by atoms with Crippen LogP contribution in [0.25, 0.3) is 11.1 Å². The van der Waals surface area contributed by atoms with Crippen LogP contribution >= 0.6 is 0 Å². The predicted octanol–water partition coefficient (Wildman–Crippen LogP) is 3.43. The molecule has 27 heavy (non-hydrogen) atoms. The van der Waals surface area contributed by atoms with Gasteiger partial charge < -0.3 is 15.1 Å². The van der Waals surface area contributed by atoms with Gasteiger partial charge >= 0.3 is 0 Å². The van der Waals surface area contributed by atoms with E-state index in [1.165, 1.54) is 5.56 Å². The molecule has 2 aliphatic rings. The molecule has 5 heteroatoms. The van der Waals surface area contributed by atoms with Crippen LogP contribution in [0.4, 0.5) is 5.69 Å². The molecule has 1 atom stereocenters. The Labute approximate surface area is 160 Å². The van der Waals surface area contributed by atoms with E-state index in [1.807, 2.05) is 24.3 Å². The molecule has 2 aromatic rings. The molecule has 4 rings (SSSR count). The zero-order valence-corrected chi connectivity index (χ0v) is 15.6. The van der Waals surface area contributed by atoms with Gasteiger partial charge in [0.1, 0.15) is 0 Å². The third kappa shape index (κ3) is 3.67. The predicted molar refractivity (Wildman–Crippen MR) is 106 cm³/mol. The van der Waals surface area contributed by atoms with E-state index in [0.717, 1.165) is 48.3 Å². The van der Waals surface area contributed by atoms with Gasteiger partial charge in [-0.2, -0.15) is 5.26 Å². The summed E-state index contributed by atoms with van der Waals surface area (Å²) in [6.07, 6.45) is 4.25. The summed E-state index contributed by atoms with van der Waals surface area (Å²) in [5, 5.41) is 12.4. The number of nitrogens with zero attached hydrogens (tertiary/aromatic N) is 3. The van der Waals surface area contributed by atoms with E-state index in [2.05, 4.69) is 41.7 Å². The summed E-state index contributed by atoms with van der Waals surface area (Å²) in [5.74, 6) is 0.128. The summed E-state index contributed by atoms with van der Waals surface area (Å²) >= 11 is 0. The summed E-state index contributed by atoms with van der Waals surface area (Å²) in [6.45, 7) is 3.09. The lowest BCUT2D eigenvalue weighted by molar-refractivity contribution is -0.121. The van der Waals surface area contributed by atoms with E-state index < -0.39 is 0 Å². The lowest BCUT2D eigenvalue weighted by Gasteiger charge is -2.28. The lowest BCUT2D eigenvalue weighted by atomic mass is 9.95. The summed E-state index contributed by atoms with van der Waals surface area (Å²) in [4.78, 5) is 16.7. The minimum Gasteiger partial charge on any atom is -0.326 e. The monoisotopic (exact) mass is 360 g/mol. The van der Waals surface area contributed by atoms with Gasteiger partial charge in [0, 0.05) is 12.2 Å². The second-order valence-electron chi connectivity index (χ2n) is 7.57. The molecule has 138 valence electrons. The fraction of sp³-hybridized carbons (Fsp3) is 0.364. The Balaban J connectivity index is 1.64. The smallest absolute Gasteiger partial charge is 0.228 e. The van der Waals surface area contributed by atoms with Crippen molar-refractivity contribution in [3.63, 3.8) is 0 Å². The molecule has 0 aromatic heterocycles. The number of nitriles is 1. The number of amides is 1. The molecule has 0 spiro atoms. The SMILES string of the molecule is CN1CCC[C@H](C(=O)Nc2cc3c(c(-c4ccccc4)c2)CN(C#N)C3)C1. The van der Waals surface area contributed by atoms with Crippen LogP contribution in [-0.2, 0) is 17.9 Å². The van der Waals surface area contributed by atoms with Crippen molar-refractivity contribution in [1.29, 1.82) is 5.26 Å². The highest BCUT2D eigenvalue weighted by molar-refractivity contribution is 5.94. The van der Waals surface area contributed by atoms with Crippen LogP contribution in [0.1, 0.15) is 24.0 Å². The highest BCUT2D eigenvalue weighted by atomic mass is 16.1. The third-order valence-electron chi connectivity index (χ3n) is 5.54. The number of hydrogen-bond acceptors (Lipinski definition) is 4. The highest BCUT2D eigenvalue weighted by Gasteiger charge is 2.26. The van der Waals surface area contributed by atoms with Gasteiger partial charge in [-0.15, -0.1) is 0 Å². The van der Waals surface area contributed by atoms with Crippen LogP contribution in [0, 0.1) is 17.4 Å². The van der Waals surface area contributed by atoms with E-state index in [4.69, 9.17) is 0 Å². The van der Waals surface area contributed by atoms with E-state index in [0.29, 0.717) is 13.1 Å². The first-order chi connectivity index (χ1) is 13.1. The van der Waals surface area contributed by atoms with Crippen molar-refractivity contribution in [1.82, 2.24) is 9.80 Å². The molecule has 2 aliphatic heterocycles. The Kier molecular flexibility index (Phi) is 4.83. The molecule has 0 unspecified atom stereocenters. The minimum absolute atomic E-state index is 0.0350. The summed E-state index contributed by atoms with van der Waals surface area (Å²) in [7, 11) is 2.07. The molecule has 1 N–H and O–H groups in total. The van der Waals surface area contributed by atoms with E-state index in [1.54, 1.807) is 4.90 Å². The van der Waals surface area contributed by atoms with E-state index in [9.17, 15) is 10.1 Å². The molecule has 1 saturated heterocycles. The van der Waals surface area contributed by atoms with Crippen molar-refractivity contribution in [3.05, 3.63) is 53.6 Å². The first-order valence-corrected chi connectivity index (χ1v) is 9.49. The molecule has 1 amide bonds. The molecular formula is C22H24N4O. The number of carbonyl (C=O) groups is 1. The molecule has 5 nitrogen and oxygen atoms in total. The number of benzene rings is 2. The first kappa shape index (κ1) is 17.6. The summed E-state index contributed by atoms with van der Waals surface area (Å²) in [5.41, 5.74) is 5.33.